The Hall–Kier alpha value is -3.52. The van der Waals surface area contributed by atoms with Crippen molar-refractivity contribution in [3.63, 3.8) is 0 Å². The second-order valence-corrected chi connectivity index (χ2v) is 7.20. The number of furan rings is 1. The van der Waals surface area contributed by atoms with Gasteiger partial charge in [-0.2, -0.15) is 4.98 Å². The van der Waals surface area contributed by atoms with Gasteiger partial charge in [0, 0.05) is 10.5 Å². The summed E-state index contributed by atoms with van der Waals surface area (Å²) in [7, 11) is 1.60. The standard InChI is InChI=1S/C22H18N2O5S/c1-26-16-10-8-15(9-11-16)21-23-20(29-24-21)13-28-22(25)18-6-2-3-7-19(18)30-14-17-5-4-12-27-17/h2-12H,13-14H2,1H3. The number of rotatable bonds is 8. The van der Waals surface area contributed by atoms with E-state index in [2.05, 4.69) is 10.1 Å². The first kappa shape index (κ1) is 19.8. The third-order valence-corrected chi connectivity index (χ3v) is 5.30. The van der Waals surface area contributed by atoms with Crippen LogP contribution in [0.1, 0.15) is 22.0 Å². The number of carbonyl (C=O) groups is 1. The Morgan fingerprint density at radius 2 is 1.90 bits per heavy atom. The van der Waals surface area contributed by atoms with E-state index in [4.69, 9.17) is 18.4 Å². The van der Waals surface area contributed by atoms with Gasteiger partial charge in [0.15, 0.2) is 6.61 Å². The van der Waals surface area contributed by atoms with Crippen molar-refractivity contribution in [2.75, 3.05) is 7.11 Å². The molecule has 0 unspecified atom stereocenters. The predicted molar refractivity (Wildman–Crippen MR) is 110 cm³/mol. The van der Waals surface area contributed by atoms with Crippen molar-refractivity contribution < 1.29 is 23.2 Å². The van der Waals surface area contributed by atoms with Crippen LogP contribution in [0.2, 0.25) is 0 Å². The summed E-state index contributed by atoms with van der Waals surface area (Å²) in [6.45, 7) is -0.112. The molecule has 0 fully saturated rings. The molecule has 0 atom stereocenters. The van der Waals surface area contributed by atoms with Gasteiger partial charge in [-0.15, -0.1) is 11.8 Å². The summed E-state index contributed by atoms with van der Waals surface area (Å²) in [6, 6.07) is 18.3. The number of thioether (sulfide) groups is 1. The van der Waals surface area contributed by atoms with E-state index in [-0.39, 0.29) is 12.5 Å². The minimum Gasteiger partial charge on any atom is -0.497 e. The lowest BCUT2D eigenvalue weighted by Gasteiger charge is -2.07. The lowest BCUT2D eigenvalue weighted by molar-refractivity contribution is 0.0425. The molecule has 0 aliphatic carbocycles. The van der Waals surface area contributed by atoms with Gasteiger partial charge in [-0.25, -0.2) is 4.79 Å². The van der Waals surface area contributed by atoms with Crippen LogP contribution in [0, 0.1) is 0 Å². The Kier molecular flexibility index (Phi) is 6.14. The lowest BCUT2D eigenvalue weighted by atomic mass is 10.2. The minimum absolute atomic E-state index is 0.112. The van der Waals surface area contributed by atoms with E-state index < -0.39 is 5.97 Å². The van der Waals surface area contributed by atoms with E-state index >= 15 is 0 Å². The molecule has 2 aromatic heterocycles. The molecule has 0 aliphatic heterocycles. The molecule has 30 heavy (non-hydrogen) atoms. The minimum atomic E-state index is -0.457. The highest BCUT2D eigenvalue weighted by atomic mass is 32.2. The Balaban J connectivity index is 1.38. The third-order valence-electron chi connectivity index (χ3n) is 4.20. The molecule has 0 bridgehead atoms. The van der Waals surface area contributed by atoms with Crippen molar-refractivity contribution in [1.82, 2.24) is 10.1 Å². The van der Waals surface area contributed by atoms with Crippen molar-refractivity contribution in [2.45, 2.75) is 17.3 Å². The number of hydrogen-bond acceptors (Lipinski definition) is 8. The number of carbonyl (C=O) groups excluding carboxylic acids is 1. The smallest absolute Gasteiger partial charge is 0.339 e. The molecule has 0 spiro atoms. The normalized spacial score (nSPS) is 10.7. The highest BCUT2D eigenvalue weighted by molar-refractivity contribution is 7.98. The van der Waals surface area contributed by atoms with Gasteiger partial charge in [0.05, 0.1) is 24.7 Å². The summed E-state index contributed by atoms with van der Waals surface area (Å²) >= 11 is 1.50. The van der Waals surface area contributed by atoms with Gasteiger partial charge in [0.2, 0.25) is 5.82 Å². The molecule has 8 heteroatoms. The molecule has 0 radical (unpaired) electrons. The summed E-state index contributed by atoms with van der Waals surface area (Å²) < 4.78 is 21.1. The first-order chi connectivity index (χ1) is 14.7. The molecule has 0 saturated heterocycles. The molecule has 0 N–H and O–H groups in total. The van der Waals surface area contributed by atoms with Crippen LogP contribution < -0.4 is 4.74 Å². The molecular formula is C22H18N2O5S. The number of methoxy groups -OCH3 is 1. The summed E-state index contributed by atoms with van der Waals surface area (Å²) in [5, 5.41) is 3.94. The number of aromatic nitrogens is 2. The molecule has 2 heterocycles. The van der Waals surface area contributed by atoms with Gasteiger partial charge in [0.25, 0.3) is 5.89 Å². The Morgan fingerprint density at radius 3 is 2.67 bits per heavy atom. The summed E-state index contributed by atoms with van der Waals surface area (Å²) in [5.41, 5.74) is 1.25. The average molecular weight is 422 g/mol. The van der Waals surface area contributed by atoms with Gasteiger partial charge < -0.3 is 18.4 Å². The van der Waals surface area contributed by atoms with Crippen molar-refractivity contribution in [2.24, 2.45) is 0 Å². The predicted octanol–water partition coefficient (Wildman–Crippen LogP) is 4.99. The molecule has 0 aliphatic rings. The zero-order valence-corrected chi connectivity index (χ0v) is 16.9. The molecule has 0 amide bonds. The Morgan fingerprint density at radius 1 is 1.07 bits per heavy atom. The van der Waals surface area contributed by atoms with Crippen molar-refractivity contribution in [3.8, 4) is 17.1 Å². The first-order valence-electron chi connectivity index (χ1n) is 9.11. The Bertz CT molecular complexity index is 1110. The van der Waals surface area contributed by atoms with Crippen LogP contribution in [0.4, 0.5) is 0 Å². The highest BCUT2D eigenvalue weighted by Crippen LogP contribution is 2.27. The monoisotopic (exact) mass is 422 g/mol. The quantitative estimate of drug-likeness (QED) is 0.290. The summed E-state index contributed by atoms with van der Waals surface area (Å²) in [6.07, 6.45) is 1.63. The number of esters is 1. The van der Waals surface area contributed by atoms with Crippen molar-refractivity contribution in [3.05, 3.63) is 84.1 Å². The number of hydrogen-bond donors (Lipinski definition) is 0. The fourth-order valence-electron chi connectivity index (χ4n) is 2.68. The maximum Gasteiger partial charge on any atom is 0.339 e. The summed E-state index contributed by atoms with van der Waals surface area (Å²) in [5.74, 6) is 2.36. The maximum atomic E-state index is 12.6. The molecular weight excluding hydrogens is 404 g/mol. The summed E-state index contributed by atoms with van der Waals surface area (Å²) in [4.78, 5) is 17.7. The molecule has 4 aromatic rings. The van der Waals surface area contributed by atoms with Crippen LogP contribution in [0.3, 0.4) is 0 Å². The van der Waals surface area contributed by atoms with Crippen LogP contribution in [-0.2, 0) is 17.1 Å². The van der Waals surface area contributed by atoms with Crippen molar-refractivity contribution in [1.29, 1.82) is 0 Å². The number of nitrogens with zero attached hydrogens (tertiary/aromatic N) is 2. The van der Waals surface area contributed by atoms with Crippen LogP contribution in [0.15, 0.2) is 80.8 Å². The second-order valence-electron chi connectivity index (χ2n) is 6.18. The highest BCUT2D eigenvalue weighted by Gasteiger charge is 2.16. The third kappa shape index (κ3) is 4.72. The molecule has 2 aromatic carbocycles. The van der Waals surface area contributed by atoms with E-state index in [1.54, 1.807) is 25.5 Å². The fraction of sp³-hybridized carbons (Fsp3) is 0.136. The van der Waals surface area contributed by atoms with Gasteiger partial charge in [-0.1, -0.05) is 17.3 Å². The van der Waals surface area contributed by atoms with Crippen LogP contribution in [-0.4, -0.2) is 23.2 Å². The molecule has 4 rings (SSSR count). The number of benzene rings is 2. The second kappa shape index (κ2) is 9.32. The zero-order valence-electron chi connectivity index (χ0n) is 16.1. The topological polar surface area (TPSA) is 87.6 Å². The van der Waals surface area contributed by atoms with Crippen molar-refractivity contribution >= 4 is 17.7 Å². The number of ether oxygens (including phenoxy) is 2. The molecule has 7 nitrogen and oxygen atoms in total. The van der Waals surface area contributed by atoms with E-state index in [1.165, 1.54) is 11.8 Å². The van der Waals surface area contributed by atoms with E-state index in [9.17, 15) is 4.79 Å². The zero-order chi connectivity index (χ0) is 20.8. The Labute approximate surface area is 177 Å². The molecule has 152 valence electrons. The van der Waals surface area contributed by atoms with Crippen LogP contribution in [0.5, 0.6) is 5.75 Å². The molecule has 0 saturated carbocycles. The van der Waals surface area contributed by atoms with Crippen LogP contribution in [0.25, 0.3) is 11.4 Å². The average Bonchev–Trinajstić information content (AvgIpc) is 3.48. The lowest BCUT2D eigenvalue weighted by Crippen LogP contribution is -2.07. The van der Waals surface area contributed by atoms with E-state index in [1.807, 2.05) is 48.5 Å². The maximum absolute atomic E-state index is 12.6. The fourth-order valence-corrected chi connectivity index (χ4v) is 3.62. The SMILES string of the molecule is COc1ccc(-c2noc(COC(=O)c3ccccc3SCc3ccco3)n2)cc1. The van der Waals surface area contributed by atoms with Crippen LogP contribution >= 0.6 is 11.8 Å². The van der Waals surface area contributed by atoms with E-state index in [0.717, 1.165) is 22.0 Å². The van der Waals surface area contributed by atoms with E-state index in [0.29, 0.717) is 17.1 Å². The van der Waals surface area contributed by atoms with Gasteiger partial charge in [0.1, 0.15) is 11.5 Å². The van der Waals surface area contributed by atoms with Gasteiger partial charge in [-0.05, 0) is 48.5 Å². The largest absolute Gasteiger partial charge is 0.497 e. The first-order valence-corrected chi connectivity index (χ1v) is 10.1. The van der Waals surface area contributed by atoms with Gasteiger partial charge in [-0.3, -0.25) is 0 Å². The van der Waals surface area contributed by atoms with Gasteiger partial charge >= 0.3 is 5.97 Å².